The number of carboxylic acid groups (broad SMARTS) is 1. The third-order valence-corrected chi connectivity index (χ3v) is 5.35. The van der Waals surface area contributed by atoms with E-state index in [1.807, 2.05) is 23.1 Å². The fourth-order valence-corrected chi connectivity index (χ4v) is 4.07. The summed E-state index contributed by atoms with van der Waals surface area (Å²) >= 11 is 0. The van der Waals surface area contributed by atoms with E-state index in [2.05, 4.69) is 11.4 Å². The van der Waals surface area contributed by atoms with Crippen molar-refractivity contribution in [3.05, 3.63) is 29.3 Å². The molecule has 0 bridgehead atoms. The molecule has 4 rings (SSSR count). The molecule has 2 N–H and O–H groups in total. The molecule has 3 aliphatic rings. The van der Waals surface area contributed by atoms with Gasteiger partial charge in [0.2, 0.25) is 5.91 Å². The number of carbonyl (C=O) groups is 2. The highest BCUT2D eigenvalue weighted by Crippen LogP contribution is 2.41. The van der Waals surface area contributed by atoms with Crippen molar-refractivity contribution in [2.75, 3.05) is 39.9 Å². The van der Waals surface area contributed by atoms with E-state index in [0.29, 0.717) is 32.0 Å². The lowest BCUT2D eigenvalue weighted by atomic mass is 9.81. The van der Waals surface area contributed by atoms with Gasteiger partial charge in [0.05, 0.1) is 13.0 Å². The molecule has 0 saturated carbocycles. The molecule has 1 amide bonds. The minimum Gasteiger partial charge on any atom is -0.493 e. The number of carbonyl (C=O) groups excluding carboxylic acids is 1. The van der Waals surface area contributed by atoms with Crippen LogP contribution in [0.1, 0.15) is 5.56 Å². The highest BCUT2D eigenvalue weighted by molar-refractivity contribution is 5.92. The van der Waals surface area contributed by atoms with Crippen molar-refractivity contribution in [1.29, 1.82) is 0 Å². The van der Waals surface area contributed by atoms with Gasteiger partial charge in [-0.15, -0.1) is 0 Å². The van der Waals surface area contributed by atoms with Crippen molar-refractivity contribution in [2.24, 2.45) is 11.3 Å². The van der Waals surface area contributed by atoms with Crippen LogP contribution >= 0.6 is 0 Å². The van der Waals surface area contributed by atoms with Crippen LogP contribution in [0.25, 0.3) is 6.08 Å². The smallest absolute Gasteiger partial charge is 0.313 e. The first-order valence-corrected chi connectivity index (χ1v) is 8.26. The van der Waals surface area contributed by atoms with Crippen LogP contribution in [0.3, 0.4) is 0 Å². The number of nitrogens with zero attached hydrogens (tertiary/aromatic N) is 1. The van der Waals surface area contributed by atoms with Gasteiger partial charge in [-0.05, 0) is 17.7 Å². The maximum Gasteiger partial charge on any atom is 0.313 e. The van der Waals surface area contributed by atoms with Crippen molar-refractivity contribution >= 4 is 18.0 Å². The van der Waals surface area contributed by atoms with Crippen LogP contribution < -0.4 is 14.8 Å². The Hall–Kier alpha value is -2.54. The molecule has 1 aromatic carbocycles. The van der Waals surface area contributed by atoms with Crippen molar-refractivity contribution in [3.63, 3.8) is 0 Å². The predicted octanol–water partition coefficient (Wildman–Crippen LogP) is 0.604. The van der Waals surface area contributed by atoms with Crippen LogP contribution in [-0.4, -0.2) is 61.8 Å². The average Bonchev–Trinajstić information content (AvgIpc) is 3.12. The van der Waals surface area contributed by atoms with Gasteiger partial charge in [-0.3, -0.25) is 14.5 Å². The summed E-state index contributed by atoms with van der Waals surface area (Å²) in [6, 6.07) is 5.72. The molecule has 0 spiro atoms. The molecule has 0 aliphatic carbocycles. The Kier molecular flexibility index (Phi) is 3.68. The summed E-state index contributed by atoms with van der Waals surface area (Å²) in [5.41, 5.74) is 1.00. The number of benzene rings is 1. The molecule has 0 unspecified atom stereocenters. The first kappa shape index (κ1) is 16.0. The summed E-state index contributed by atoms with van der Waals surface area (Å²) in [6.45, 7) is 2.06. The van der Waals surface area contributed by atoms with E-state index in [9.17, 15) is 14.7 Å². The number of methoxy groups -OCH3 is 1. The summed E-state index contributed by atoms with van der Waals surface area (Å²) in [6.07, 6.45) is 2.06. The van der Waals surface area contributed by atoms with E-state index in [1.54, 1.807) is 7.11 Å². The number of rotatable bonds is 4. The van der Waals surface area contributed by atoms with Gasteiger partial charge in [-0.2, -0.15) is 0 Å². The number of ether oxygens (including phenoxy) is 2. The molecule has 7 heteroatoms. The SMILES string of the molecule is COc1cccc2c1OCC(CN1C[C@H]3C(=O)NC[C@@]3(C(=O)O)C1)=C2. The zero-order valence-electron chi connectivity index (χ0n) is 13.9. The lowest BCUT2D eigenvalue weighted by Crippen LogP contribution is -2.40. The molecular weight excluding hydrogens is 324 g/mol. The van der Waals surface area contributed by atoms with Crippen LogP contribution in [0, 0.1) is 11.3 Å². The molecule has 2 atom stereocenters. The average molecular weight is 344 g/mol. The number of carboxylic acids is 1. The second-order valence-electron chi connectivity index (χ2n) is 6.87. The van der Waals surface area contributed by atoms with Crippen LogP contribution in [0.5, 0.6) is 11.5 Å². The highest BCUT2D eigenvalue weighted by atomic mass is 16.5. The van der Waals surface area contributed by atoms with E-state index in [0.717, 1.165) is 16.9 Å². The molecule has 132 valence electrons. The van der Waals surface area contributed by atoms with Gasteiger partial charge in [0.1, 0.15) is 12.0 Å². The second-order valence-corrected chi connectivity index (χ2v) is 6.87. The molecule has 7 nitrogen and oxygen atoms in total. The molecule has 1 aromatic rings. The number of para-hydroxylation sites is 1. The monoisotopic (exact) mass is 344 g/mol. The van der Waals surface area contributed by atoms with Gasteiger partial charge in [0.15, 0.2) is 11.5 Å². The lowest BCUT2D eigenvalue weighted by molar-refractivity contribution is -0.149. The summed E-state index contributed by atoms with van der Waals surface area (Å²) in [7, 11) is 1.61. The molecular formula is C18H20N2O5. The summed E-state index contributed by atoms with van der Waals surface area (Å²) in [5.74, 6) is -0.114. The van der Waals surface area contributed by atoms with Gasteiger partial charge in [-0.25, -0.2) is 0 Å². The van der Waals surface area contributed by atoms with Crippen LogP contribution in [0.2, 0.25) is 0 Å². The molecule has 0 aromatic heterocycles. The first-order chi connectivity index (χ1) is 12.0. The second kappa shape index (κ2) is 5.77. The van der Waals surface area contributed by atoms with E-state index in [4.69, 9.17) is 9.47 Å². The van der Waals surface area contributed by atoms with Crippen molar-refractivity contribution in [3.8, 4) is 11.5 Å². The van der Waals surface area contributed by atoms with Gasteiger partial charge in [0, 0.05) is 31.7 Å². The Morgan fingerprint density at radius 3 is 3.08 bits per heavy atom. The van der Waals surface area contributed by atoms with Crippen LogP contribution in [-0.2, 0) is 9.59 Å². The number of aliphatic carboxylic acids is 1. The number of hydrogen-bond donors (Lipinski definition) is 2. The van der Waals surface area contributed by atoms with E-state index in [-0.39, 0.29) is 12.5 Å². The number of fused-ring (bicyclic) bond motifs is 2. The Bertz CT molecular complexity index is 775. The Morgan fingerprint density at radius 1 is 1.52 bits per heavy atom. The third-order valence-electron chi connectivity index (χ3n) is 5.35. The minimum atomic E-state index is -1.01. The predicted molar refractivity (Wildman–Crippen MR) is 89.5 cm³/mol. The van der Waals surface area contributed by atoms with Gasteiger partial charge in [-0.1, -0.05) is 12.1 Å². The molecule has 3 heterocycles. The minimum absolute atomic E-state index is 0.158. The molecule has 2 saturated heterocycles. The van der Waals surface area contributed by atoms with Gasteiger partial charge < -0.3 is 19.9 Å². The van der Waals surface area contributed by atoms with E-state index >= 15 is 0 Å². The summed E-state index contributed by atoms with van der Waals surface area (Å²) in [5, 5.41) is 12.3. The maximum absolute atomic E-state index is 12.0. The molecule has 2 fully saturated rings. The number of nitrogens with one attached hydrogen (secondary N) is 1. The van der Waals surface area contributed by atoms with Crippen LogP contribution in [0.4, 0.5) is 0 Å². The van der Waals surface area contributed by atoms with Crippen molar-refractivity contribution < 1.29 is 24.2 Å². The number of amides is 1. The number of hydrogen-bond acceptors (Lipinski definition) is 5. The topological polar surface area (TPSA) is 88.1 Å². The lowest BCUT2D eigenvalue weighted by Gasteiger charge is -2.25. The Balaban J connectivity index is 1.53. The third kappa shape index (κ3) is 2.46. The fourth-order valence-electron chi connectivity index (χ4n) is 4.07. The van der Waals surface area contributed by atoms with Crippen molar-refractivity contribution in [1.82, 2.24) is 10.2 Å². The Morgan fingerprint density at radius 2 is 2.36 bits per heavy atom. The maximum atomic E-state index is 12.0. The molecule has 0 radical (unpaired) electrons. The quantitative estimate of drug-likeness (QED) is 0.832. The summed E-state index contributed by atoms with van der Waals surface area (Å²) in [4.78, 5) is 25.8. The molecule has 25 heavy (non-hydrogen) atoms. The zero-order chi connectivity index (χ0) is 17.6. The normalized spacial score (nSPS) is 27.8. The van der Waals surface area contributed by atoms with E-state index in [1.165, 1.54) is 0 Å². The van der Waals surface area contributed by atoms with Gasteiger partial charge in [0.25, 0.3) is 0 Å². The molecule has 3 aliphatic heterocycles. The zero-order valence-corrected chi connectivity index (χ0v) is 13.9. The van der Waals surface area contributed by atoms with Gasteiger partial charge >= 0.3 is 5.97 Å². The van der Waals surface area contributed by atoms with Crippen molar-refractivity contribution in [2.45, 2.75) is 0 Å². The largest absolute Gasteiger partial charge is 0.493 e. The summed E-state index contributed by atoms with van der Waals surface area (Å²) < 4.78 is 11.1. The standard InChI is InChI=1S/C18H20N2O5/c1-24-14-4-2-3-12-5-11(8-25-15(12)14)6-20-7-13-16(21)19-9-18(13,10-20)17(22)23/h2-5,13H,6-10H2,1H3,(H,19,21)(H,22,23)/t13-,18+/m0/s1. The van der Waals surface area contributed by atoms with E-state index < -0.39 is 17.3 Å². The Labute approximate surface area is 145 Å². The first-order valence-electron chi connectivity index (χ1n) is 8.26. The fraction of sp³-hybridized carbons (Fsp3) is 0.444. The highest BCUT2D eigenvalue weighted by Gasteiger charge is 2.59. The van der Waals surface area contributed by atoms with Crippen LogP contribution in [0.15, 0.2) is 23.8 Å². The number of likely N-dealkylation sites (tertiary alicyclic amines) is 1.